The van der Waals surface area contributed by atoms with E-state index in [1.165, 1.54) is 12.1 Å². The van der Waals surface area contributed by atoms with E-state index in [1.807, 2.05) is 12.5 Å². The van der Waals surface area contributed by atoms with Crippen LogP contribution in [0.5, 0.6) is 5.75 Å². The van der Waals surface area contributed by atoms with Crippen molar-refractivity contribution in [2.45, 2.75) is 10.4 Å². The molecule has 0 aromatic heterocycles. The molecule has 0 saturated heterocycles. The molecule has 0 heterocycles. The van der Waals surface area contributed by atoms with Gasteiger partial charge in [-0.25, -0.2) is 0 Å². The van der Waals surface area contributed by atoms with Crippen LogP contribution in [0.1, 0.15) is 0 Å². The smallest absolute Gasteiger partial charge is 0.375 e. The Bertz CT molecular complexity index is 768. The summed E-state index contributed by atoms with van der Waals surface area (Å²) in [6.07, 6.45) is 3.93. The summed E-state index contributed by atoms with van der Waals surface area (Å²) in [6.45, 7) is 0. The van der Waals surface area contributed by atoms with Gasteiger partial charge in [0.25, 0.3) is 0 Å². The highest BCUT2D eigenvalue weighted by molar-refractivity contribution is 7.95. The van der Waals surface area contributed by atoms with Crippen molar-refractivity contribution in [3.63, 3.8) is 0 Å². The second-order valence-corrected chi connectivity index (χ2v) is 8.02. The molecule has 0 unspecified atom stereocenters. The molecule has 0 saturated carbocycles. The van der Waals surface area contributed by atoms with Crippen LogP contribution >= 0.6 is 0 Å². The van der Waals surface area contributed by atoms with E-state index in [1.54, 1.807) is 24.3 Å². The minimum atomic E-state index is -5.67. The fourth-order valence-electron chi connectivity index (χ4n) is 1.84. The molecule has 0 spiro atoms. The summed E-state index contributed by atoms with van der Waals surface area (Å²) in [5, 5.41) is 1.02. The van der Waals surface area contributed by atoms with Gasteiger partial charge in [-0.3, -0.25) is 0 Å². The summed E-state index contributed by atoms with van der Waals surface area (Å²) < 4.78 is 63.8. The lowest BCUT2D eigenvalue weighted by Crippen LogP contribution is -2.28. The number of fused-ring (bicyclic) bond motifs is 1. The van der Waals surface area contributed by atoms with E-state index in [2.05, 4.69) is 4.18 Å². The zero-order valence-electron chi connectivity index (χ0n) is 11.1. The first-order chi connectivity index (χ1) is 9.63. The highest BCUT2D eigenvalue weighted by Gasteiger charge is 2.48. The van der Waals surface area contributed by atoms with Gasteiger partial charge in [0, 0.05) is 21.7 Å². The summed E-state index contributed by atoms with van der Waals surface area (Å²) in [7, 11) is -5.80. The summed E-state index contributed by atoms with van der Waals surface area (Å²) in [4.78, 5) is 0.933. The minimum absolute atomic E-state index is 0.129. The van der Waals surface area contributed by atoms with E-state index in [-0.39, 0.29) is 16.6 Å². The number of benzene rings is 2. The van der Waals surface area contributed by atoms with Crippen molar-refractivity contribution in [1.82, 2.24) is 0 Å². The quantitative estimate of drug-likeness (QED) is 0.490. The Morgan fingerprint density at radius 1 is 1.00 bits per heavy atom. The Kier molecular flexibility index (Phi) is 4.12. The fourth-order valence-corrected chi connectivity index (χ4v) is 3.27. The molecule has 3 nitrogen and oxygen atoms in total. The van der Waals surface area contributed by atoms with Crippen molar-refractivity contribution < 1.29 is 25.8 Å². The molecule has 2 rings (SSSR count). The Morgan fingerprint density at radius 3 is 2.10 bits per heavy atom. The second kappa shape index (κ2) is 5.42. The minimum Gasteiger partial charge on any atom is -0.375 e. The van der Waals surface area contributed by atoms with Crippen molar-refractivity contribution in [2.75, 3.05) is 12.5 Å². The van der Waals surface area contributed by atoms with Crippen molar-refractivity contribution >= 4 is 31.8 Å². The molecule has 21 heavy (non-hydrogen) atoms. The summed E-state index contributed by atoms with van der Waals surface area (Å²) in [5.41, 5.74) is -5.45. The Morgan fingerprint density at radius 2 is 1.57 bits per heavy atom. The first-order valence-corrected chi connectivity index (χ1v) is 9.18. The fraction of sp³-hybridized carbons (Fsp3) is 0.231. The lowest BCUT2D eigenvalue weighted by Gasteiger charge is -2.12. The molecule has 2 aromatic rings. The number of hydrogen-bond donors (Lipinski definition) is 0. The van der Waals surface area contributed by atoms with Crippen LogP contribution in [0.25, 0.3) is 10.8 Å². The number of hydrogen-bond acceptors (Lipinski definition) is 3. The normalized spacial score (nSPS) is 12.9. The molecule has 0 N–H and O–H groups in total. The molecule has 0 aliphatic rings. The zero-order valence-corrected chi connectivity index (χ0v) is 12.8. The monoisotopic (exact) mass is 337 g/mol. The third-order valence-corrected chi connectivity index (χ3v) is 4.97. The molecule has 0 atom stereocenters. The van der Waals surface area contributed by atoms with Crippen LogP contribution < -0.4 is 4.18 Å². The van der Waals surface area contributed by atoms with Gasteiger partial charge in [0.05, 0.1) is 0 Å². The first kappa shape index (κ1) is 16.0. The van der Waals surface area contributed by atoms with Crippen molar-refractivity contribution in [3.05, 3.63) is 36.4 Å². The maximum atomic E-state index is 12.4. The molecule has 114 valence electrons. The van der Waals surface area contributed by atoms with E-state index in [9.17, 15) is 21.6 Å². The van der Waals surface area contributed by atoms with Crippen LogP contribution in [0.3, 0.4) is 0 Å². The van der Waals surface area contributed by atoms with Crippen LogP contribution in [0.2, 0.25) is 0 Å². The van der Waals surface area contributed by atoms with Gasteiger partial charge in [-0.15, -0.1) is 0 Å². The third-order valence-electron chi connectivity index (χ3n) is 2.77. The lowest BCUT2D eigenvalue weighted by molar-refractivity contribution is -0.0499. The Labute approximate surface area is 123 Å². The first-order valence-electron chi connectivity index (χ1n) is 5.73. The predicted molar refractivity (Wildman–Crippen MR) is 77.0 cm³/mol. The summed E-state index contributed by atoms with van der Waals surface area (Å²) in [6, 6.07) is 9.46. The highest BCUT2D eigenvalue weighted by atomic mass is 32.2. The molecule has 8 heteroatoms. The third kappa shape index (κ3) is 3.11. The summed E-state index contributed by atoms with van der Waals surface area (Å²) in [5.74, 6) is -0.322. The molecule has 0 aliphatic heterocycles. The van der Waals surface area contributed by atoms with E-state index in [4.69, 9.17) is 0 Å². The number of halogens is 3. The van der Waals surface area contributed by atoms with Gasteiger partial charge >= 0.3 is 15.6 Å². The average Bonchev–Trinajstić information content (AvgIpc) is 2.37. The van der Waals surface area contributed by atoms with Crippen molar-refractivity contribution in [2.24, 2.45) is 0 Å². The molecule has 0 amide bonds. The van der Waals surface area contributed by atoms with Gasteiger partial charge in [0.1, 0.15) is 12.5 Å². The Hall–Kier alpha value is -1.41. The number of rotatable bonds is 3. The van der Waals surface area contributed by atoms with E-state index in [0.29, 0.717) is 10.8 Å². The van der Waals surface area contributed by atoms with Crippen molar-refractivity contribution in [3.8, 4) is 5.75 Å². The van der Waals surface area contributed by atoms with Crippen LogP contribution in [0, 0.1) is 0 Å². The maximum Gasteiger partial charge on any atom is 0.534 e. The predicted octanol–water partition coefficient (Wildman–Crippen LogP) is 3.31. The molecule has 0 radical (unpaired) electrons. The molecular formula is C13H12F3O3S2+. The molecular weight excluding hydrogens is 325 g/mol. The van der Waals surface area contributed by atoms with Gasteiger partial charge < -0.3 is 4.18 Å². The standard InChI is InChI=1S/C13H12F3O3S2/c1-20(2)12-8-7-11(9-5-3-4-6-10(9)12)19-21(17,18)13(14,15)16/h3-8H,1-2H3/q+1. The van der Waals surface area contributed by atoms with Gasteiger partial charge in [0.15, 0.2) is 10.6 Å². The van der Waals surface area contributed by atoms with Crippen LogP contribution in [-0.2, 0) is 21.0 Å². The SMILES string of the molecule is C[S+](C)c1ccc(OS(=O)(=O)C(F)(F)F)c2ccccc12. The van der Waals surface area contributed by atoms with Crippen LogP contribution in [0.15, 0.2) is 41.3 Å². The molecule has 0 fully saturated rings. The van der Waals surface area contributed by atoms with E-state index < -0.39 is 15.6 Å². The van der Waals surface area contributed by atoms with Crippen molar-refractivity contribution in [1.29, 1.82) is 0 Å². The highest BCUT2D eigenvalue weighted by Crippen LogP contribution is 2.34. The average molecular weight is 337 g/mol. The molecule has 0 bridgehead atoms. The second-order valence-electron chi connectivity index (χ2n) is 4.41. The van der Waals surface area contributed by atoms with Gasteiger partial charge in [-0.05, 0) is 18.2 Å². The summed E-state index contributed by atoms with van der Waals surface area (Å²) >= 11 is 0. The zero-order chi connectivity index (χ0) is 15.8. The van der Waals surface area contributed by atoms with Gasteiger partial charge in [-0.1, -0.05) is 18.2 Å². The van der Waals surface area contributed by atoms with Gasteiger partial charge in [-0.2, -0.15) is 21.6 Å². The Balaban J connectivity index is 2.60. The van der Waals surface area contributed by atoms with Crippen LogP contribution in [-0.4, -0.2) is 26.4 Å². The maximum absolute atomic E-state index is 12.4. The van der Waals surface area contributed by atoms with Crippen LogP contribution in [0.4, 0.5) is 13.2 Å². The molecule has 0 aliphatic carbocycles. The lowest BCUT2D eigenvalue weighted by atomic mass is 10.1. The number of alkyl halides is 3. The van der Waals surface area contributed by atoms with E-state index >= 15 is 0 Å². The van der Waals surface area contributed by atoms with E-state index in [0.717, 1.165) is 4.90 Å². The largest absolute Gasteiger partial charge is 0.534 e. The van der Waals surface area contributed by atoms with Gasteiger partial charge in [0.2, 0.25) is 0 Å². The molecule has 2 aromatic carbocycles. The topological polar surface area (TPSA) is 43.4 Å².